The molecular formula is C12H21Cl2NO2. The molecule has 1 atom stereocenters. The average molecular weight is 282 g/mol. The fourth-order valence-electron chi connectivity index (χ4n) is 1.67. The van der Waals surface area contributed by atoms with E-state index in [1.807, 2.05) is 13.8 Å². The Morgan fingerprint density at radius 1 is 1.47 bits per heavy atom. The Kier molecular flexibility index (Phi) is 5.11. The molecule has 1 heterocycles. The van der Waals surface area contributed by atoms with Crippen LogP contribution in [0, 0.1) is 0 Å². The topological polar surface area (TPSA) is 41.8 Å². The number of halogens is 2. The largest absolute Gasteiger partial charge is 0.476 e. The van der Waals surface area contributed by atoms with E-state index in [9.17, 15) is 5.11 Å². The maximum atomic E-state index is 10.0. The molecule has 0 fully saturated rings. The Morgan fingerprint density at radius 3 is 2.59 bits per heavy atom. The number of hydrogen-bond donors (Lipinski definition) is 1. The van der Waals surface area contributed by atoms with Crippen molar-refractivity contribution < 1.29 is 9.84 Å². The van der Waals surface area contributed by atoms with E-state index < -0.39 is 10.4 Å². The van der Waals surface area contributed by atoms with Crippen molar-refractivity contribution in [2.45, 2.75) is 62.4 Å². The third-order valence-electron chi connectivity index (χ3n) is 2.75. The summed E-state index contributed by atoms with van der Waals surface area (Å²) in [5, 5.41) is 10.0. The van der Waals surface area contributed by atoms with Crippen molar-refractivity contribution in [3.05, 3.63) is 0 Å². The Balaban J connectivity index is 2.61. The quantitative estimate of drug-likeness (QED) is 0.600. The first-order valence-electron chi connectivity index (χ1n) is 6.08. The van der Waals surface area contributed by atoms with Crippen LogP contribution >= 0.6 is 23.2 Å². The standard InChI is InChI=1S/C12H21Cl2NO2/c1-4-5-6-7-9(16)12(13,14)10-15-11(2,3)8-17-10/h9,16H,4-8H2,1-3H3. The van der Waals surface area contributed by atoms with Gasteiger partial charge in [-0.15, -0.1) is 0 Å². The molecule has 100 valence electrons. The number of unbranched alkanes of at least 4 members (excludes halogenated alkanes) is 2. The van der Waals surface area contributed by atoms with Gasteiger partial charge in [-0.3, -0.25) is 0 Å². The minimum atomic E-state index is -1.43. The van der Waals surface area contributed by atoms with Crippen molar-refractivity contribution in [2.75, 3.05) is 6.61 Å². The summed E-state index contributed by atoms with van der Waals surface area (Å²) in [6, 6.07) is 0. The second-order valence-electron chi connectivity index (χ2n) is 5.15. The summed E-state index contributed by atoms with van der Waals surface area (Å²) in [7, 11) is 0. The van der Waals surface area contributed by atoms with Gasteiger partial charge in [-0.25, -0.2) is 4.99 Å². The summed E-state index contributed by atoms with van der Waals surface area (Å²) in [6.45, 7) is 6.43. The molecule has 1 aliphatic rings. The van der Waals surface area contributed by atoms with Crippen LogP contribution in [0.3, 0.4) is 0 Å². The highest BCUT2D eigenvalue weighted by Gasteiger charge is 2.45. The Bertz CT molecular complexity index is 290. The van der Waals surface area contributed by atoms with Gasteiger partial charge in [0.25, 0.3) is 0 Å². The fraction of sp³-hybridized carbons (Fsp3) is 0.917. The van der Waals surface area contributed by atoms with Crippen LogP contribution < -0.4 is 0 Å². The normalized spacial score (nSPS) is 20.9. The highest BCUT2D eigenvalue weighted by atomic mass is 35.5. The van der Waals surface area contributed by atoms with Crippen LogP contribution in [0.2, 0.25) is 0 Å². The first kappa shape index (κ1) is 15.1. The monoisotopic (exact) mass is 281 g/mol. The number of aliphatic hydroxyl groups is 1. The molecule has 1 aliphatic heterocycles. The maximum absolute atomic E-state index is 10.0. The summed E-state index contributed by atoms with van der Waals surface area (Å²) in [6.07, 6.45) is 2.76. The average Bonchev–Trinajstić information content (AvgIpc) is 2.59. The summed E-state index contributed by atoms with van der Waals surface area (Å²) >= 11 is 12.3. The molecule has 3 nitrogen and oxygen atoms in total. The van der Waals surface area contributed by atoms with Crippen molar-refractivity contribution in [2.24, 2.45) is 4.99 Å². The number of rotatable bonds is 6. The van der Waals surface area contributed by atoms with E-state index >= 15 is 0 Å². The number of nitrogens with zero attached hydrogens (tertiary/aromatic N) is 1. The van der Waals surface area contributed by atoms with Gasteiger partial charge in [0, 0.05) is 0 Å². The van der Waals surface area contributed by atoms with E-state index in [1.54, 1.807) is 0 Å². The molecule has 0 radical (unpaired) electrons. The molecule has 0 amide bonds. The summed E-state index contributed by atoms with van der Waals surface area (Å²) in [5.41, 5.74) is -0.312. The zero-order chi connectivity index (χ0) is 13.1. The smallest absolute Gasteiger partial charge is 0.224 e. The predicted molar refractivity (Wildman–Crippen MR) is 72.1 cm³/mol. The molecule has 5 heteroatoms. The second kappa shape index (κ2) is 5.77. The lowest BCUT2D eigenvalue weighted by Gasteiger charge is -2.24. The van der Waals surface area contributed by atoms with Gasteiger partial charge in [0.15, 0.2) is 0 Å². The van der Waals surface area contributed by atoms with E-state index in [-0.39, 0.29) is 11.4 Å². The van der Waals surface area contributed by atoms with Gasteiger partial charge in [0.2, 0.25) is 10.2 Å². The van der Waals surface area contributed by atoms with Crippen LogP contribution in [-0.2, 0) is 4.74 Å². The number of aliphatic imine (C=N–C) groups is 1. The van der Waals surface area contributed by atoms with Crippen LogP contribution in [0.5, 0.6) is 0 Å². The van der Waals surface area contributed by atoms with Gasteiger partial charge in [0.05, 0.1) is 11.6 Å². The molecule has 0 aliphatic carbocycles. The van der Waals surface area contributed by atoms with Crippen molar-refractivity contribution in [3.63, 3.8) is 0 Å². The van der Waals surface area contributed by atoms with Crippen LogP contribution in [0.4, 0.5) is 0 Å². The first-order valence-corrected chi connectivity index (χ1v) is 6.84. The molecule has 17 heavy (non-hydrogen) atoms. The SMILES string of the molecule is CCCCCC(O)C(Cl)(Cl)C1=NC(C)(C)CO1. The second-order valence-corrected chi connectivity index (χ2v) is 6.54. The zero-order valence-corrected chi connectivity index (χ0v) is 12.2. The minimum absolute atomic E-state index is 0.245. The molecule has 0 aromatic carbocycles. The van der Waals surface area contributed by atoms with Crippen LogP contribution in [0.15, 0.2) is 4.99 Å². The molecule has 1 rings (SSSR count). The molecular weight excluding hydrogens is 261 g/mol. The first-order chi connectivity index (χ1) is 7.79. The van der Waals surface area contributed by atoms with Gasteiger partial charge in [-0.1, -0.05) is 49.4 Å². The predicted octanol–water partition coefficient (Wildman–Crippen LogP) is 3.31. The maximum Gasteiger partial charge on any atom is 0.224 e. The van der Waals surface area contributed by atoms with Gasteiger partial charge < -0.3 is 9.84 Å². The fourth-order valence-corrected chi connectivity index (χ4v) is 2.08. The zero-order valence-electron chi connectivity index (χ0n) is 10.7. The summed E-state index contributed by atoms with van der Waals surface area (Å²) < 4.78 is 3.96. The van der Waals surface area contributed by atoms with Crippen LogP contribution in [0.1, 0.15) is 46.5 Å². The van der Waals surface area contributed by atoms with E-state index in [0.717, 1.165) is 19.3 Å². The minimum Gasteiger partial charge on any atom is -0.476 e. The molecule has 0 saturated carbocycles. The van der Waals surface area contributed by atoms with Gasteiger partial charge in [0.1, 0.15) is 6.61 Å². The molecule has 1 N–H and O–H groups in total. The number of hydrogen-bond acceptors (Lipinski definition) is 3. The van der Waals surface area contributed by atoms with Crippen molar-refractivity contribution >= 4 is 29.1 Å². The van der Waals surface area contributed by atoms with Gasteiger partial charge in [-0.05, 0) is 20.3 Å². The molecule has 0 aromatic heterocycles. The van der Waals surface area contributed by atoms with Crippen molar-refractivity contribution in [1.82, 2.24) is 0 Å². The van der Waals surface area contributed by atoms with E-state index in [4.69, 9.17) is 27.9 Å². The summed E-state index contributed by atoms with van der Waals surface area (Å²) in [5.74, 6) is 0.245. The molecule has 0 spiro atoms. The molecule has 0 bridgehead atoms. The van der Waals surface area contributed by atoms with E-state index in [2.05, 4.69) is 11.9 Å². The van der Waals surface area contributed by atoms with Gasteiger partial charge in [-0.2, -0.15) is 0 Å². The third kappa shape index (κ3) is 4.01. The van der Waals surface area contributed by atoms with Crippen LogP contribution in [-0.4, -0.2) is 33.6 Å². The Hall–Kier alpha value is 0.01000. The van der Waals surface area contributed by atoms with E-state index in [0.29, 0.717) is 13.0 Å². The van der Waals surface area contributed by atoms with Crippen molar-refractivity contribution in [1.29, 1.82) is 0 Å². The molecule has 0 aromatic rings. The number of ether oxygens (including phenoxy) is 1. The molecule has 1 unspecified atom stereocenters. The Morgan fingerprint density at radius 2 is 2.12 bits per heavy atom. The number of alkyl halides is 2. The van der Waals surface area contributed by atoms with Crippen LogP contribution in [0.25, 0.3) is 0 Å². The lowest BCUT2D eigenvalue weighted by Crippen LogP contribution is -2.39. The van der Waals surface area contributed by atoms with Gasteiger partial charge >= 0.3 is 0 Å². The summed E-state index contributed by atoms with van der Waals surface area (Å²) in [4.78, 5) is 4.31. The number of aliphatic hydroxyl groups excluding tert-OH is 1. The lowest BCUT2D eigenvalue weighted by molar-refractivity contribution is 0.151. The van der Waals surface area contributed by atoms with E-state index in [1.165, 1.54) is 0 Å². The molecule has 0 saturated heterocycles. The highest BCUT2D eigenvalue weighted by molar-refractivity contribution is 6.58. The Labute approximate surface area is 113 Å². The van der Waals surface area contributed by atoms with Crippen molar-refractivity contribution in [3.8, 4) is 0 Å². The lowest BCUT2D eigenvalue weighted by atomic mass is 10.1. The third-order valence-corrected chi connectivity index (χ3v) is 3.58. The highest BCUT2D eigenvalue weighted by Crippen LogP contribution is 2.35.